The van der Waals surface area contributed by atoms with Gasteiger partial charge in [0.1, 0.15) is 11.5 Å². The van der Waals surface area contributed by atoms with Crippen molar-refractivity contribution in [2.24, 2.45) is 0 Å². The number of carbonyl (C=O) groups is 1. The van der Waals surface area contributed by atoms with Gasteiger partial charge in [0.05, 0.1) is 16.3 Å². The predicted molar refractivity (Wildman–Crippen MR) is 96.3 cm³/mol. The fourth-order valence-electron chi connectivity index (χ4n) is 2.84. The Morgan fingerprint density at radius 2 is 2.04 bits per heavy atom. The minimum atomic E-state index is -1.18. The molecular weight excluding hydrogens is 342 g/mol. The van der Waals surface area contributed by atoms with Gasteiger partial charge < -0.3 is 20.4 Å². The first-order valence-corrected chi connectivity index (χ1v) is 8.30. The summed E-state index contributed by atoms with van der Waals surface area (Å²) in [6.07, 6.45) is 2.58. The maximum absolute atomic E-state index is 12.4. The summed E-state index contributed by atoms with van der Waals surface area (Å²) in [4.78, 5) is 18.0. The number of benzene rings is 1. The van der Waals surface area contributed by atoms with Crippen LogP contribution in [0.5, 0.6) is 0 Å². The van der Waals surface area contributed by atoms with E-state index in [1.54, 1.807) is 35.2 Å². The maximum atomic E-state index is 12.4. The van der Waals surface area contributed by atoms with Gasteiger partial charge in [-0.1, -0.05) is 24.6 Å². The lowest BCUT2D eigenvalue weighted by Crippen LogP contribution is -2.46. The third-order valence-electron chi connectivity index (χ3n) is 4.00. The van der Waals surface area contributed by atoms with Crippen LogP contribution in [0, 0.1) is 0 Å². The molecule has 1 aliphatic rings. The van der Waals surface area contributed by atoms with Crippen molar-refractivity contribution in [3.63, 3.8) is 0 Å². The van der Waals surface area contributed by atoms with Crippen molar-refractivity contribution in [2.75, 3.05) is 11.4 Å². The number of amides is 1. The van der Waals surface area contributed by atoms with Crippen molar-refractivity contribution in [1.29, 1.82) is 0 Å². The summed E-state index contributed by atoms with van der Waals surface area (Å²) in [6, 6.07) is 8.28. The number of halogens is 1. The monoisotopic (exact) mass is 359 g/mol. The summed E-state index contributed by atoms with van der Waals surface area (Å²) in [5.74, 6) is -0.683. The highest BCUT2D eigenvalue weighted by Crippen LogP contribution is 2.39. The molecule has 25 heavy (non-hydrogen) atoms. The summed E-state index contributed by atoms with van der Waals surface area (Å²) in [5.41, 5.74) is 1.40. The highest BCUT2D eigenvalue weighted by atomic mass is 35.5. The number of hydrogen-bond donors (Lipinski definition) is 3. The number of pyridine rings is 1. The van der Waals surface area contributed by atoms with Crippen LogP contribution in [0.2, 0.25) is 5.02 Å². The molecule has 2 aromatic rings. The molecular formula is C18H18ClN3O3. The van der Waals surface area contributed by atoms with Crippen molar-refractivity contribution in [3.8, 4) is 0 Å². The van der Waals surface area contributed by atoms with Gasteiger partial charge in [-0.15, -0.1) is 0 Å². The van der Waals surface area contributed by atoms with Gasteiger partial charge in [-0.2, -0.15) is 0 Å². The summed E-state index contributed by atoms with van der Waals surface area (Å²) < 4.78 is 0. The number of rotatable bonds is 4. The van der Waals surface area contributed by atoms with Crippen LogP contribution in [0.15, 0.2) is 48.4 Å². The van der Waals surface area contributed by atoms with Crippen molar-refractivity contribution < 1.29 is 15.0 Å². The summed E-state index contributed by atoms with van der Waals surface area (Å²) in [5, 5.41) is 24.3. The van der Waals surface area contributed by atoms with E-state index in [4.69, 9.17) is 11.6 Å². The average molecular weight is 360 g/mol. The van der Waals surface area contributed by atoms with Crippen LogP contribution in [-0.2, 0) is 0 Å². The lowest BCUT2D eigenvalue weighted by Gasteiger charge is -2.37. The van der Waals surface area contributed by atoms with Crippen LogP contribution in [-0.4, -0.2) is 33.9 Å². The molecule has 0 saturated carbocycles. The van der Waals surface area contributed by atoms with Gasteiger partial charge in [0.2, 0.25) is 0 Å². The van der Waals surface area contributed by atoms with Crippen molar-refractivity contribution >= 4 is 29.0 Å². The van der Waals surface area contributed by atoms with E-state index in [0.717, 1.165) is 6.42 Å². The maximum Gasteiger partial charge on any atom is 0.255 e. The molecule has 130 valence electrons. The first-order chi connectivity index (χ1) is 12.0. The van der Waals surface area contributed by atoms with Crippen molar-refractivity contribution in [2.45, 2.75) is 19.6 Å². The Labute approximate surface area is 150 Å². The molecule has 1 aliphatic heterocycles. The van der Waals surface area contributed by atoms with Crippen molar-refractivity contribution in [1.82, 2.24) is 10.3 Å². The van der Waals surface area contributed by atoms with E-state index in [0.29, 0.717) is 28.4 Å². The molecule has 7 heteroatoms. The third-order valence-corrected chi connectivity index (χ3v) is 4.32. The molecule has 6 nitrogen and oxygen atoms in total. The number of hydrogen-bond acceptors (Lipinski definition) is 5. The fourth-order valence-corrected chi connectivity index (χ4v) is 3.10. The van der Waals surface area contributed by atoms with E-state index in [-0.39, 0.29) is 11.5 Å². The topological polar surface area (TPSA) is 85.7 Å². The number of nitrogens with zero attached hydrogens (tertiary/aromatic N) is 2. The minimum Gasteiger partial charge on any atom is -0.505 e. The fraction of sp³-hybridized carbons (Fsp3) is 0.222. The van der Waals surface area contributed by atoms with E-state index < -0.39 is 12.1 Å². The Hall–Kier alpha value is -2.57. The Morgan fingerprint density at radius 1 is 1.32 bits per heavy atom. The van der Waals surface area contributed by atoms with Crippen LogP contribution in [0.25, 0.3) is 5.76 Å². The lowest BCUT2D eigenvalue weighted by atomic mass is 10.0. The quantitative estimate of drug-likeness (QED) is 0.781. The molecule has 1 aromatic carbocycles. The first kappa shape index (κ1) is 17.3. The molecule has 1 atom stereocenters. The predicted octanol–water partition coefficient (Wildman–Crippen LogP) is 2.94. The van der Waals surface area contributed by atoms with Gasteiger partial charge in [0.15, 0.2) is 6.23 Å². The van der Waals surface area contributed by atoms with Gasteiger partial charge in [-0.3, -0.25) is 9.78 Å². The van der Waals surface area contributed by atoms with Gasteiger partial charge >= 0.3 is 0 Å². The van der Waals surface area contributed by atoms with E-state index in [1.807, 2.05) is 6.92 Å². The SMILES string of the molecule is CCCN1c2cccc(Cl)c2C(O)=C(NC(=O)c2ccncc2)C1O. The molecule has 1 unspecified atom stereocenters. The van der Waals surface area contributed by atoms with Crippen LogP contribution >= 0.6 is 11.6 Å². The molecule has 2 heterocycles. The van der Waals surface area contributed by atoms with Gasteiger partial charge in [0.25, 0.3) is 5.91 Å². The number of aliphatic hydroxyl groups excluding tert-OH is 2. The zero-order valence-electron chi connectivity index (χ0n) is 13.6. The van der Waals surface area contributed by atoms with E-state index in [1.165, 1.54) is 12.4 Å². The normalized spacial score (nSPS) is 16.6. The summed E-state index contributed by atoms with van der Waals surface area (Å²) >= 11 is 6.25. The molecule has 0 aliphatic carbocycles. The lowest BCUT2D eigenvalue weighted by molar-refractivity contribution is 0.0944. The number of aliphatic hydroxyl groups is 2. The average Bonchev–Trinajstić information content (AvgIpc) is 2.62. The molecule has 3 rings (SSSR count). The molecule has 1 amide bonds. The Kier molecular flexibility index (Phi) is 4.92. The largest absolute Gasteiger partial charge is 0.505 e. The zero-order valence-corrected chi connectivity index (χ0v) is 14.4. The molecule has 0 radical (unpaired) electrons. The number of nitrogens with one attached hydrogen (secondary N) is 1. The third kappa shape index (κ3) is 3.18. The highest BCUT2D eigenvalue weighted by Gasteiger charge is 2.34. The second-order valence-corrected chi connectivity index (χ2v) is 6.06. The number of aromatic nitrogens is 1. The van der Waals surface area contributed by atoms with Gasteiger partial charge in [0, 0.05) is 24.5 Å². The van der Waals surface area contributed by atoms with Crippen molar-refractivity contribution in [3.05, 3.63) is 64.6 Å². The molecule has 0 saturated heterocycles. The molecule has 1 aromatic heterocycles. The van der Waals surface area contributed by atoms with E-state index >= 15 is 0 Å². The van der Waals surface area contributed by atoms with Crippen LogP contribution in [0.4, 0.5) is 5.69 Å². The van der Waals surface area contributed by atoms with Gasteiger partial charge in [-0.25, -0.2) is 0 Å². The van der Waals surface area contributed by atoms with Crippen LogP contribution < -0.4 is 10.2 Å². The smallest absolute Gasteiger partial charge is 0.255 e. The Balaban J connectivity index is 2.04. The second-order valence-electron chi connectivity index (χ2n) is 5.65. The van der Waals surface area contributed by atoms with E-state index in [2.05, 4.69) is 10.3 Å². The number of carbonyl (C=O) groups excluding carboxylic acids is 1. The number of anilines is 1. The standard InChI is InChI=1S/C18H18ClN3O3/c1-2-10-22-13-5-3-4-12(19)14(13)16(23)15(18(22)25)21-17(24)11-6-8-20-9-7-11/h3-9,18,23,25H,2,10H2,1H3,(H,21,24). The van der Waals surface area contributed by atoms with Crippen LogP contribution in [0.3, 0.4) is 0 Å². The Bertz CT molecular complexity index is 824. The second kappa shape index (κ2) is 7.13. The van der Waals surface area contributed by atoms with Crippen LogP contribution in [0.1, 0.15) is 29.3 Å². The first-order valence-electron chi connectivity index (χ1n) is 7.92. The zero-order chi connectivity index (χ0) is 18.0. The highest BCUT2D eigenvalue weighted by molar-refractivity contribution is 6.33. The Morgan fingerprint density at radius 3 is 2.72 bits per heavy atom. The van der Waals surface area contributed by atoms with E-state index in [9.17, 15) is 15.0 Å². The number of fused-ring (bicyclic) bond motifs is 1. The van der Waals surface area contributed by atoms with Gasteiger partial charge in [-0.05, 0) is 30.7 Å². The summed E-state index contributed by atoms with van der Waals surface area (Å²) in [7, 11) is 0. The molecule has 0 bridgehead atoms. The molecule has 0 spiro atoms. The molecule has 0 fully saturated rings. The summed E-state index contributed by atoms with van der Waals surface area (Å²) in [6.45, 7) is 2.51. The minimum absolute atomic E-state index is 0.0101. The molecule has 3 N–H and O–H groups in total.